The van der Waals surface area contributed by atoms with Gasteiger partial charge in [0.1, 0.15) is 11.4 Å². The molecule has 2 aromatic rings. The minimum atomic E-state index is -0.779. The molecule has 1 atom stereocenters. The zero-order valence-electron chi connectivity index (χ0n) is 12.2. The van der Waals surface area contributed by atoms with Crippen molar-refractivity contribution in [2.75, 3.05) is 11.5 Å². The molecule has 2 saturated heterocycles. The summed E-state index contributed by atoms with van der Waals surface area (Å²) in [5.41, 5.74) is 0.362. The first-order valence-electron chi connectivity index (χ1n) is 7.34. The number of pyridine rings is 1. The van der Waals surface area contributed by atoms with Gasteiger partial charge in [-0.3, -0.25) is 14.7 Å². The van der Waals surface area contributed by atoms with Crippen LogP contribution in [0.1, 0.15) is 12.0 Å². The monoisotopic (exact) mass is 331 g/mol. The van der Waals surface area contributed by atoms with Crippen LogP contribution in [-0.2, 0) is 11.3 Å². The fourth-order valence-corrected chi connectivity index (χ4v) is 4.50. The number of urea groups is 1. The van der Waals surface area contributed by atoms with Gasteiger partial charge < -0.3 is 5.32 Å². The molecule has 1 N–H and O–H groups in total. The zero-order chi connectivity index (χ0) is 16.0. The number of halogens is 1. The van der Waals surface area contributed by atoms with E-state index in [4.69, 9.17) is 0 Å². The van der Waals surface area contributed by atoms with Crippen molar-refractivity contribution in [3.05, 3.63) is 41.8 Å². The zero-order valence-corrected chi connectivity index (χ0v) is 13.0. The van der Waals surface area contributed by atoms with Gasteiger partial charge in [0.25, 0.3) is 5.91 Å². The molecular formula is C16H14FN3O2S. The van der Waals surface area contributed by atoms with Gasteiger partial charge in [-0.1, -0.05) is 6.07 Å². The number of imide groups is 1. The van der Waals surface area contributed by atoms with Crippen molar-refractivity contribution in [2.24, 2.45) is 0 Å². The summed E-state index contributed by atoms with van der Waals surface area (Å²) in [6, 6.07) is 5.81. The van der Waals surface area contributed by atoms with Crippen molar-refractivity contribution in [1.82, 2.24) is 15.2 Å². The molecule has 7 heteroatoms. The largest absolute Gasteiger partial charge is 0.325 e. The number of nitrogens with one attached hydrogen (secondary N) is 1. The van der Waals surface area contributed by atoms with Gasteiger partial charge in [0, 0.05) is 22.9 Å². The number of amides is 3. The van der Waals surface area contributed by atoms with Gasteiger partial charge in [0.15, 0.2) is 0 Å². The molecule has 3 heterocycles. The van der Waals surface area contributed by atoms with Gasteiger partial charge in [-0.2, -0.15) is 11.8 Å². The molecule has 4 rings (SSSR count). The summed E-state index contributed by atoms with van der Waals surface area (Å²) in [6.45, 7) is 0.0301. The Bertz CT molecular complexity index is 820. The topological polar surface area (TPSA) is 62.3 Å². The average molecular weight is 331 g/mol. The number of benzene rings is 1. The van der Waals surface area contributed by atoms with E-state index in [1.807, 2.05) is 0 Å². The van der Waals surface area contributed by atoms with Crippen LogP contribution in [0.15, 0.2) is 30.5 Å². The minimum Gasteiger partial charge on any atom is -0.322 e. The summed E-state index contributed by atoms with van der Waals surface area (Å²) < 4.78 is 13.8. The van der Waals surface area contributed by atoms with Crippen molar-refractivity contribution in [3.63, 3.8) is 0 Å². The number of hydrogen-bond donors (Lipinski definition) is 1. The van der Waals surface area contributed by atoms with Crippen LogP contribution in [0.4, 0.5) is 9.18 Å². The maximum Gasteiger partial charge on any atom is 0.325 e. The Morgan fingerprint density at radius 3 is 3.04 bits per heavy atom. The van der Waals surface area contributed by atoms with Gasteiger partial charge >= 0.3 is 6.03 Å². The SMILES string of the molecule is O=C1N[C@@]2(CCSC2)C(=O)N1Cc1cc(F)cc2cccnc12. The number of aromatic nitrogens is 1. The molecule has 1 spiro atoms. The second-order valence-corrected chi connectivity index (χ2v) is 6.95. The standard InChI is InChI=1S/C16H14FN3O2S/c17-12-6-10-2-1-4-18-13(10)11(7-12)8-20-14(21)16(19-15(20)22)3-5-23-9-16/h1-2,4,6-7H,3,5,8-9H2,(H,19,22)/t16-/m1/s1. The first-order valence-corrected chi connectivity index (χ1v) is 8.50. The lowest BCUT2D eigenvalue weighted by Gasteiger charge is -2.19. The number of carbonyl (C=O) groups is 2. The van der Waals surface area contributed by atoms with Crippen molar-refractivity contribution in [3.8, 4) is 0 Å². The van der Waals surface area contributed by atoms with E-state index in [0.29, 0.717) is 28.6 Å². The smallest absolute Gasteiger partial charge is 0.322 e. The second kappa shape index (κ2) is 5.19. The fourth-order valence-electron chi connectivity index (χ4n) is 3.17. The number of fused-ring (bicyclic) bond motifs is 1. The molecule has 23 heavy (non-hydrogen) atoms. The Morgan fingerprint density at radius 1 is 1.39 bits per heavy atom. The van der Waals surface area contributed by atoms with E-state index in [1.54, 1.807) is 30.1 Å². The Labute approximate surface area is 136 Å². The van der Waals surface area contributed by atoms with Crippen LogP contribution in [0.3, 0.4) is 0 Å². The van der Waals surface area contributed by atoms with Crippen LogP contribution in [0.25, 0.3) is 10.9 Å². The van der Waals surface area contributed by atoms with Gasteiger partial charge in [-0.05, 0) is 30.4 Å². The highest BCUT2D eigenvalue weighted by atomic mass is 32.2. The molecular weight excluding hydrogens is 317 g/mol. The van der Waals surface area contributed by atoms with Crippen molar-refractivity contribution in [1.29, 1.82) is 0 Å². The number of hydrogen-bond acceptors (Lipinski definition) is 4. The molecule has 0 radical (unpaired) electrons. The van der Waals surface area contributed by atoms with E-state index in [0.717, 1.165) is 5.75 Å². The summed E-state index contributed by atoms with van der Waals surface area (Å²) in [4.78, 5) is 30.4. The van der Waals surface area contributed by atoms with Crippen LogP contribution in [0, 0.1) is 5.82 Å². The van der Waals surface area contributed by atoms with E-state index in [2.05, 4.69) is 10.3 Å². The molecule has 3 amide bonds. The number of carbonyl (C=O) groups excluding carboxylic acids is 2. The Kier molecular flexibility index (Phi) is 3.26. The first-order chi connectivity index (χ1) is 11.1. The molecule has 0 bridgehead atoms. The number of nitrogens with zero attached hydrogens (tertiary/aromatic N) is 2. The molecule has 5 nitrogen and oxygen atoms in total. The summed E-state index contributed by atoms with van der Waals surface area (Å²) in [7, 11) is 0. The van der Waals surface area contributed by atoms with E-state index >= 15 is 0 Å². The molecule has 2 fully saturated rings. The predicted octanol–water partition coefficient (Wildman–Crippen LogP) is 2.30. The van der Waals surface area contributed by atoms with Gasteiger partial charge in [0.05, 0.1) is 12.1 Å². The normalized spacial score (nSPS) is 24.0. The van der Waals surface area contributed by atoms with Gasteiger partial charge in [0.2, 0.25) is 0 Å². The first kappa shape index (κ1) is 14.4. The summed E-state index contributed by atoms with van der Waals surface area (Å²) in [5.74, 6) is 0.820. The van der Waals surface area contributed by atoms with Gasteiger partial charge in [-0.15, -0.1) is 0 Å². The third kappa shape index (κ3) is 2.26. The molecule has 0 unspecified atom stereocenters. The molecule has 2 aliphatic rings. The summed E-state index contributed by atoms with van der Waals surface area (Å²) in [5, 5.41) is 3.47. The summed E-state index contributed by atoms with van der Waals surface area (Å²) in [6.07, 6.45) is 2.26. The Morgan fingerprint density at radius 2 is 2.26 bits per heavy atom. The second-order valence-electron chi connectivity index (χ2n) is 5.85. The third-order valence-electron chi connectivity index (χ3n) is 4.34. The molecule has 0 saturated carbocycles. The van der Waals surface area contributed by atoms with Crippen molar-refractivity contribution in [2.45, 2.75) is 18.5 Å². The average Bonchev–Trinajstić information content (AvgIpc) is 3.08. The van der Waals surface area contributed by atoms with Crippen molar-refractivity contribution >= 4 is 34.6 Å². The minimum absolute atomic E-state index is 0.0301. The number of rotatable bonds is 2. The fraction of sp³-hybridized carbons (Fsp3) is 0.312. The lowest BCUT2D eigenvalue weighted by atomic mass is 9.99. The van der Waals surface area contributed by atoms with Gasteiger partial charge in [-0.25, -0.2) is 9.18 Å². The molecule has 1 aromatic heterocycles. The maximum atomic E-state index is 13.8. The van der Waals surface area contributed by atoms with E-state index in [9.17, 15) is 14.0 Å². The van der Waals surface area contributed by atoms with Crippen LogP contribution in [0.2, 0.25) is 0 Å². The lowest BCUT2D eigenvalue weighted by molar-refractivity contribution is -0.130. The van der Waals surface area contributed by atoms with E-state index in [-0.39, 0.29) is 12.5 Å². The summed E-state index contributed by atoms with van der Waals surface area (Å²) >= 11 is 1.65. The molecule has 1 aromatic carbocycles. The quantitative estimate of drug-likeness (QED) is 0.858. The lowest BCUT2D eigenvalue weighted by Crippen LogP contribution is -2.46. The van der Waals surface area contributed by atoms with E-state index < -0.39 is 17.4 Å². The maximum absolute atomic E-state index is 13.8. The van der Waals surface area contributed by atoms with Crippen molar-refractivity contribution < 1.29 is 14.0 Å². The van der Waals surface area contributed by atoms with E-state index in [1.165, 1.54) is 17.0 Å². The molecule has 0 aliphatic carbocycles. The highest BCUT2D eigenvalue weighted by Crippen LogP contribution is 2.34. The van der Waals surface area contributed by atoms with Crippen LogP contribution < -0.4 is 5.32 Å². The number of thioether (sulfide) groups is 1. The highest BCUT2D eigenvalue weighted by Gasteiger charge is 2.52. The Balaban J connectivity index is 1.71. The Hall–Kier alpha value is -2.15. The highest BCUT2D eigenvalue weighted by molar-refractivity contribution is 7.99. The molecule has 118 valence electrons. The third-order valence-corrected chi connectivity index (χ3v) is 5.53. The molecule has 2 aliphatic heterocycles. The van der Waals surface area contributed by atoms with Crippen LogP contribution in [0.5, 0.6) is 0 Å². The predicted molar refractivity (Wildman–Crippen MR) is 85.5 cm³/mol. The van der Waals surface area contributed by atoms with Crippen LogP contribution in [-0.4, -0.2) is 38.9 Å². The van der Waals surface area contributed by atoms with Crippen LogP contribution >= 0.6 is 11.8 Å².